The van der Waals surface area contributed by atoms with Crippen molar-refractivity contribution in [3.8, 4) is 0 Å². The average molecular weight is 543 g/mol. The number of halogens is 1. The molecule has 1 aromatic rings. The van der Waals surface area contributed by atoms with E-state index in [2.05, 4.69) is 0 Å². The molecule has 0 spiro atoms. The van der Waals surface area contributed by atoms with Crippen LogP contribution in [0.2, 0.25) is 5.02 Å². The second-order valence-corrected chi connectivity index (χ2v) is 10.8. The molecule has 2 fully saturated rings. The SMILES string of the molecule is COC(=O)C1=CC[C@]23CC[C@H](C(C)(/C=C/C=C(\C)C(=O)O)OC2=O)[C@]3(OC(=O)Cc2ccc(Cl)cc2)CC1. The van der Waals surface area contributed by atoms with Gasteiger partial charge >= 0.3 is 23.9 Å². The number of benzene rings is 1. The summed E-state index contributed by atoms with van der Waals surface area (Å²) in [5, 5.41) is 9.73. The number of ether oxygens (including phenoxy) is 3. The van der Waals surface area contributed by atoms with E-state index in [1.807, 2.05) is 0 Å². The number of carboxylic acids is 1. The number of allylic oxidation sites excluding steroid dienone is 3. The molecule has 8 nitrogen and oxygen atoms in total. The number of hydrogen-bond donors (Lipinski definition) is 1. The van der Waals surface area contributed by atoms with Gasteiger partial charge in [-0.25, -0.2) is 9.59 Å². The fourth-order valence-corrected chi connectivity index (χ4v) is 6.33. The van der Waals surface area contributed by atoms with Gasteiger partial charge in [0.25, 0.3) is 0 Å². The summed E-state index contributed by atoms with van der Waals surface area (Å²) in [5.74, 6) is -2.95. The molecule has 0 amide bonds. The Labute approximate surface area is 226 Å². The van der Waals surface area contributed by atoms with E-state index in [0.29, 0.717) is 23.4 Å². The highest BCUT2D eigenvalue weighted by Gasteiger charge is 2.74. The highest BCUT2D eigenvalue weighted by atomic mass is 35.5. The molecule has 202 valence electrons. The molecule has 1 saturated heterocycles. The van der Waals surface area contributed by atoms with Gasteiger partial charge in [0.15, 0.2) is 0 Å². The Morgan fingerprint density at radius 1 is 1.21 bits per heavy atom. The first-order valence-corrected chi connectivity index (χ1v) is 12.9. The molecular weight excluding hydrogens is 512 g/mol. The first-order valence-electron chi connectivity index (χ1n) is 12.5. The lowest BCUT2D eigenvalue weighted by atomic mass is 9.62. The monoisotopic (exact) mass is 542 g/mol. The predicted molar refractivity (Wildman–Crippen MR) is 138 cm³/mol. The number of carbonyl (C=O) groups excluding carboxylic acids is 3. The summed E-state index contributed by atoms with van der Waals surface area (Å²) in [7, 11) is 1.30. The molecular formula is C29H31ClO8. The first kappa shape index (κ1) is 27.6. The minimum atomic E-state index is -1.23. The fourth-order valence-electron chi connectivity index (χ4n) is 6.20. The molecule has 3 aliphatic rings. The van der Waals surface area contributed by atoms with Crippen LogP contribution in [0.25, 0.3) is 0 Å². The molecule has 2 aliphatic carbocycles. The van der Waals surface area contributed by atoms with Crippen LogP contribution < -0.4 is 0 Å². The molecule has 1 unspecified atom stereocenters. The van der Waals surface area contributed by atoms with Crippen molar-refractivity contribution < 1.29 is 38.5 Å². The normalized spacial score (nSPS) is 30.6. The summed E-state index contributed by atoms with van der Waals surface area (Å²) >= 11 is 5.98. The highest BCUT2D eigenvalue weighted by Crippen LogP contribution is 2.65. The topological polar surface area (TPSA) is 116 Å². The first-order chi connectivity index (χ1) is 18.0. The zero-order chi connectivity index (χ0) is 27.7. The molecule has 4 atom stereocenters. The maximum atomic E-state index is 13.8. The van der Waals surface area contributed by atoms with Gasteiger partial charge in [0, 0.05) is 22.1 Å². The molecule has 0 radical (unpaired) electrons. The van der Waals surface area contributed by atoms with Crippen molar-refractivity contribution in [1.82, 2.24) is 0 Å². The Balaban J connectivity index is 1.74. The molecule has 38 heavy (non-hydrogen) atoms. The van der Waals surface area contributed by atoms with E-state index in [0.717, 1.165) is 5.56 Å². The summed E-state index contributed by atoms with van der Waals surface area (Å²) in [6.07, 6.45) is 8.00. The van der Waals surface area contributed by atoms with Crippen molar-refractivity contribution in [2.75, 3.05) is 7.11 Å². The smallest absolute Gasteiger partial charge is 0.333 e. The number of carbonyl (C=O) groups is 4. The van der Waals surface area contributed by atoms with Crippen LogP contribution in [0.5, 0.6) is 0 Å². The van der Waals surface area contributed by atoms with E-state index < -0.39 is 46.4 Å². The van der Waals surface area contributed by atoms with Crippen LogP contribution in [0.4, 0.5) is 0 Å². The van der Waals surface area contributed by atoms with Gasteiger partial charge in [-0.1, -0.05) is 42.0 Å². The van der Waals surface area contributed by atoms with Crippen LogP contribution in [0.1, 0.15) is 51.5 Å². The van der Waals surface area contributed by atoms with Crippen LogP contribution in [0, 0.1) is 11.3 Å². The third kappa shape index (κ3) is 4.77. The Kier molecular flexibility index (Phi) is 7.57. The zero-order valence-corrected chi connectivity index (χ0v) is 22.4. The van der Waals surface area contributed by atoms with Gasteiger partial charge in [-0.15, -0.1) is 0 Å². The van der Waals surface area contributed by atoms with Gasteiger partial charge in [-0.2, -0.15) is 0 Å². The number of carboxylic acid groups (broad SMARTS) is 1. The second-order valence-electron chi connectivity index (χ2n) is 10.4. The molecule has 1 heterocycles. The molecule has 0 aromatic heterocycles. The number of esters is 3. The Morgan fingerprint density at radius 2 is 1.92 bits per heavy atom. The Hall–Kier alpha value is -3.39. The Morgan fingerprint density at radius 3 is 2.58 bits per heavy atom. The average Bonchev–Trinajstić information content (AvgIpc) is 3.02. The van der Waals surface area contributed by atoms with Crippen LogP contribution in [0.15, 0.2) is 59.7 Å². The van der Waals surface area contributed by atoms with Crippen LogP contribution in [0.3, 0.4) is 0 Å². The van der Waals surface area contributed by atoms with Gasteiger partial charge < -0.3 is 19.3 Å². The maximum absolute atomic E-state index is 13.8. The summed E-state index contributed by atoms with van der Waals surface area (Å²) in [6.45, 7) is 3.22. The second kappa shape index (κ2) is 10.4. The van der Waals surface area contributed by atoms with Crippen LogP contribution in [-0.2, 0) is 39.8 Å². The number of rotatable bonds is 7. The standard InChI is InChI=1S/C29H31ClO8/c1-18(24(32)33)5-4-13-27(2)22-12-15-28(26(35)38-27)14-10-20(25(34)36-3)11-16-29(22,28)37-23(31)17-19-6-8-21(30)9-7-19/h4-10,13,22H,11-12,14-17H2,1-3H3,(H,32,33)/b13-4+,18-5+/t22-,27?,28+,29-/m1/s1. The molecule has 9 heteroatoms. The lowest BCUT2D eigenvalue weighted by Gasteiger charge is -2.54. The van der Waals surface area contributed by atoms with Crippen LogP contribution >= 0.6 is 11.6 Å². The number of hydrogen-bond acceptors (Lipinski definition) is 7. The maximum Gasteiger partial charge on any atom is 0.333 e. The summed E-state index contributed by atoms with van der Waals surface area (Å²) in [6, 6.07) is 6.88. The lowest BCUT2D eigenvalue weighted by molar-refractivity contribution is -0.235. The van der Waals surface area contributed by atoms with Gasteiger partial charge in [0.05, 0.1) is 13.5 Å². The summed E-state index contributed by atoms with van der Waals surface area (Å²) in [4.78, 5) is 50.8. The molecule has 1 saturated carbocycles. The molecule has 1 aliphatic heterocycles. The summed E-state index contributed by atoms with van der Waals surface area (Å²) in [5.41, 5.74) is -2.28. The van der Waals surface area contributed by atoms with E-state index in [9.17, 15) is 24.3 Å². The van der Waals surface area contributed by atoms with Crippen molar-refractivity contribution >= 4 is 35.5 Å². The lowest BCUT2D eigenvalue weighted by Crippen LogP contribution is -2.65. The number of methoxy groups -OCH3 is 1. The quantitative estimate of drug-likeness (QED) is 0.227. The van der Waals surface area contributed by atoms with Gasteiger partial charge in [-0.3, -0.25) is 9.59 Å². The fraction of sp³-hybridized carbons (Fsp3) is 0.448. The van der Waals surface area contributed by atoms with Crippen molar-refractivity contribution in [2.24, 2.45) is 11.3 Å². The van der Waals surface area contributed by atoms with Crippen molar-refractivity contribution in [1.29, 1.82) is 0 Å². The Bertz CT molecular complexity index is 1250. The van der Waals surface area contributed by atoms with Gasteiger partial charge in [0.1, 0.15) is 16.6 Å². The number of cyclic esters (lactones) is 1. The van der Waals surface area contributed by atoms with Crippen molar-refractivity contribution in [2.45, 2.75) is 63.6 Å². The third-order valence-corrected chi connectivity index (χ3v) is 8.46. The molecule has 2 bridgehead atoms. The molecule has 1 aromatic carbocycles. The third-order valence-electron chi connectivity index (χ3n) is 8.21. The van der Waals surface area contributed by atoms with Gasteiger partial charge in [-0.05, 0) is 69.7 Å². The van der Waals surface area contributed by atoms with Crippen molar-refractivity contribution in [3.05, 3.63) is 70.3 Å². The highest BCUT2D eigenvalue weighted by molar-refractivity contribution is 6.30. The van der Waals surface area contributed by atoms with Crippen LogP contribution in [-0.4, -0.2) is 47.3 Å². The van der Waals surface area contributed by atoms with E-state index in [4.69, 9.17) is 25.8 Å². The van der Waals surface area contributed by atoms with E-state index in [1.165, 1.54) is 20.1 Å². The number of aliphatic carboxylic acids is 1. The van der Waals surface area contributed by atoms with E-state index in [-0.39, 0.29) is 31.3 Å². The molecule has 1 N–H and O–H groups in total. The van der Waals surface area contributed by atoms with E-state index >= 15 is 0 Å². The molecule has 4 rings (SSSR count). The largest absolute Gasteiger partial charge is 0.478 e. The zero-order valence-electron chi connectivity index (χ0n) is 21.6. The summed E-state index contributed by atoms with van der Waals surface area (Å²) < 4.78 is 17.3. The predicted octanol–water partition coefficient (Wildman–Crippen LogP) is 4.75. The van der Waals surface area contributed by atoms with Crippen molar-refractivity contribution in [3.63, 3.8) is 0 Å². The minimum Gasteiger partial charge on any atom is -0.478 e. The van der Waals surface area contributed by atoms with Gasteiger partial charge in [0.2, 0.25) is 0 Å². The minimum absolute atomic E-state index is 0.0127. The van der Waals surface area contributed by atoms with E-state index in [1.54, 1.807) is 49.4 Å².